The molecule has 1 aromatic rings. The minimum Gasteiger partial charge on any atom is -0.462 e. The first-order valence-electron chi connectivity index (χ1n) is 12.6. The summed E-state index contributed by atoms with van der Waals surface area (Å²) in [7, 11) is 0. The van der Waals surface area contributed by atoms with Gasteiger partial charge in [-0.05, 0) is 108 Å². The lowest BCUT2D eigenvalue weighted by atomic mass is 9.91. The predicted molar refractivity (Wildman–Crippen MR) is 127 cm³/mol. The molecule has 2 amide bonds. The van der Waals surface area contributed by atoms with E-state index in [1.807, 2.05) is 0 Å². The lowest BCUT2D eigenvalue weighted by molar-refractivity contribution is -0.123. The average molecular weight is 456 g/mol. The molecule has 180 valence electrons. The molecular formula is C26H37N3O4. The summed E-state index contributed by atoms with van der Waals surface area (Å²) in [4.78, 5) is 43.8. The predicted octanol–water partition coefficient (Wildman–Crippen LogP) is 3.33. The van der Waals surface area contributed by atoms with Crippen molar-refractivity contribution < 1.29 is 19.1 Å². The van der Waals surface area contributed by atoms with E-state index in [4.69, 9.17) is 4.74 Å². The third-order valence-corrected chi connectivity index (χ3v) is 7.58. The van der Waals surface area contributed by atoms with Crippen LogP contribution in [-0.4, -0.2) is 73.0 Å². The zero-order valence-corrected chi connectivity index (χ0v) is 20.0. The van der Waals surface area contributed by atoms with Crippen LogP contribution < -0.4 is 4.90 Å². The van der Waals surface area contributed by atoms with Gasteiger partial charge in [-0.2, -0.15) is 0 Å². The summed E-state index contributed by atoms with van der Waals surface area (Å²) in [6.45, 7) is 9.81. The number of nitrogens with zero attached hydrogens (tertiary/aromatic N) is 3. The summed E-state index contributed by atoms with van der Waals surface area (Å²) in [5, 5.41) is 0. The van der Waals surface area contributed by atoms with Crippen LogP contribution in [0, 0.1) is 11.8 Å². The van der Waals surface area contributed by atoms with Crippen molar-refractivity contribution in [1.82, 2.24) is 9.80 Å². The second kappa shape index (κ2) is 10.8. The molecule has 0 radical (unpaired) electrons. The van der Waals surface area contributed by atoms with Gasteiger partial charge in [0.1, 0.15) is 0 Å². The Hall–Kier alpha value is -2.25. The van der Waals surface area contributed by atoms with E-state index in [2.05, 4.69) is 16.7 Å². The van der Waals surface area contributed by atoms with E-state index in [0.717, 1.165) is 31.8 Å². The van der Waals surface area contributed by atoms with E-state index in [0.29, 0.717) is 23.8 Å². The fourth-order valence-corrected chi connectivity index (χ4v) is 5.34. The molecule has 33 heavy (non-hydrogen) atoms. The van der Waals surface area contributed by atoms with Gasteiger partial charge >= 0.3 is 5.97 Å². The van der Waals surface area contributed by atoms with Gasteiger partial charge in [-0.3, -0.25) is 14.5 Å². The summed E-state index contributed by atoms with van der Waals surface area (Å²) in [6.07, 6.45) is 6.29. The molecule has 0 bridgehead atoms. The topological polar surface area (TPSA) is 70.2 Å². The number of rotatable bonds is 7. The van der Waals surface area contributed by atoms with Crippen LogP contribution >= 0.6 is 0 Å². The maximum absolute atomic E-state index is 13.1. The average Bonchev–Trinajstić information content (AvgIpc) is 3.13. The molecule has 7 nitrogen and oxygen atoms in total. The van der Waals surface area contributed by atoms with Crippen LogP contribution in [-0.2, 0) is 14.3 Å². The van der Waals surface area contributed by atoms with Gasteiger partial charge < -0.3 is 9.64 Å². The number of piperidine rings is 2. The molecule has 0 N–H and O–H groups in total. The Bertz CT molecular complexity index is 840. The van der Waals surface area contributed by atoms with Crippen molar-refractivity contribution in [2.45, 2.75) is 58.4 Å². The van der Waals surface area contributed by atoms with Crippen LogP contribution in [0.25, 0.3) is 0 Å². The molecule has 0 aromatic heterocycles. The van der Waals surface area contributed by atoms with Crippen molar-refractivity contribution in [1.29, 1.82) is 0 Å². The first-order valence-corrected chi connectivity index (χ1v) is 12.6. The van der Waals surface area contributed by atoms with Crippen molar-refractivity contribution in [2.24, 2.45) is 11.8 Å². The van der Waals surface area contributed by atoms with Gasteiger partial charge in [0, 0.05) is 0 Å². The van der Waals surface area contributed by atoms with Crippen LogP contribution in [0.3, 0.4) is 0 Å². The Labute approximate surface area is 197 Å². The Balaban J connectivity index is 1.28. The normalized spacial score (nSPS) is 23.9. The summed E-state index contributed by atoms with van der Waals surface area (Å²) >= 11 is 0. The number of carbonyl (C=O) groups is 3. The van der Waals surface area contributed by atoms with Gasteiger partial charge in [-0.1, -0.05) is 6.92 Å². The molecule has 3 fully saturated rings. The molecule has 4 rings (SSSR count). The second-order valence-electron chi connectivity index (χ2n) is 9.85. The second-order valence-corrected chi connectivity index (χ2v) is 9.85. The summed E-state index contributed by atoms with van der Waals surface area (Å²) in [6, 6.07) is 6.15. The van der Waals surface area contributed by atoms with E-state index >= 15 is 0 Å². The summed E-state index contributed by atoms with van der Waals surface area (Å²) in [5.41, 5.74) is 0.934. The zero-order chi connectivity index (χ0) is 23.4. The van der Waals surface area contributed by atoms with Crippen molar-refractivity contribution in [3.63, 3.8) is 0 Å². The van der Waals surface area contributed by atoms with Gasteiger partial charge in [-0.25, -0.2) is 9.69 Å². The van der Waals surface area contributed by atoms with Crippen LogP contribution in [0.15, 0.2) is 24.3 Å². The molecule has 1 aromatic carbocycles. The maximum atomic E-state index is 13.1. The van der Waals surface area contributed by atoms with Gasteiger partial charge in [-0.15, -0.1) is 0 Å². The van der Waals surface area contributed by atoms with Gasteiger partial charge in [0.2, 0.25) is 5.91 Å². The van der Waals surface area contributed by atoms with Gasteiger partial charge in [0.05, 0.1) is 30.3 Å². The minimum absolute atomic E-state index is 0.148. The molecule has 0 saturated carbocycles. The molecule has 1 atom stereocenters. The van der Waals surface area contributed by atoms with Crippen molar-refractivity contribution in [3.8, 4) is 0 Å². The number of hydrogen-bond donors (Lipinski definition) is 0. The number of amides is 2. The highest BCUT2D eigenvalue weighted by Crippen LogP contribution is 2.30. The fraction of sp³-hybridized carbons (Fsp3) is 0.654. The fourth-order valence-electron chi connectivity index (χ4n) is 5.34. The Morgan fingerprint density at radius 2 is 1.67 bits per heavy atom. The molecule has 3 heterocycles. The highest BCUT2D eigenvalue weighted by Gasteiger charge is 2.43. The monoisotopic (exact) mass is 455 g/mol. The minimum atomic E-state index is -0.404. The number of hydrogen-bond acceptors (Lipinski definition) is 6. The molecule has 3 aliphatic rings. The number of benzene rings is 1. The maximum Gasteiger partial charge on any atom is 0.338 e. The number of likely N-dealkylation sites (tertiary alicyclic amines) is 2. The number of imide groups is 1. The standard InChI is InChI=1S/C26H37N3O4/c1-3-33-26(32)21-4-6-22(7-5-21)29-24(30)18-23(25(29)31)28-16-11-20(12-17-28)10-15-27-13-8-19(2)9-14-27/h4-7,19-20,23H,3,8-18H2,1-2H3. The van der Waals surface area contributed by atoms with E-state index in [-0.39, 0.29) is 24.3 Å². The Morgan fingerprint density at radius 1 is 1.00 bits per heavy atom. The highest BCUT2D eigenvalue weighted by atomic mass is 16.5. The molecule has 7 heteroatoms. The first-order chi connectivity index (χ1) is 16.0. The lowest BCUT2D eigenvalue weighted by Crippen LogP contribution is -2.46. The first kappa shape index (κ1) is 23.9. The van der Waals surface area contributed by atoms with E-state index < -0.39 is 5.97 Å². The zero-order valence-electron chi connectivity index (χ0n) is 20.0. The SMILES string of the molecule is CCOC(=O)c1ccc(N2C(=O)CC(N3CCC(CCN4CCC(C)CC4)CC3)C2=O)cc1. The van der Waals surface area contributed by atoms with Crippen molar-refractivity contribution in [3.05, 3.63) is 29.8 Å². The third kappa shape index (κ3) is 5.64. The molecule has 3 aliphatic heterocycles. The van der Waals surface area contributed by atoms with E-state index in [9.17, 15) is 14.4 Å². The quantitative estimate of drug-likeness (QED) is 0.464. The van der Waals surface area contributed by atoms with Gasteiger partial charge in [0.15, 0.2) is 0 Å². The number of ether oxygens (including phenoxy) is 1. The van der Waals surface area contributed by atoms with Crippen LogP contribution in [0.2, 0.25) is 0 Å². The van der Waals surface area contributed by atoms with Crippen molar-refractivity contribution in [2.75, 3.05) is 44.2 Å². The van der Waals surface area contributed by atoms with Crippen molar-refractivity contribution >= 4 is 23.5 Å². The Kier molecular flexibility index (Phi) is 7.81. The number of carbonyl (C=O) groups excluding carboxylic acids is 3. The Morgan fingerprint density at radius 3 is 2.30 bits per heavy atom. The molecule has 0 aliphatic carbocycles. The molecular weight excluding hydrogens is 418 g/mol. The number of esters is 1. The molecule has 0 spiro atoms. The van der Waals surface area contributed by atoms with Crippen LogP contribution in [0.1, 0.15) is 62.7 Å². The smallest absolute Gasteiger partial charge is 0.338 e. The summed E-state index contributed by atoms with van der Waals surface area (Å²) in [5.74, 6) is 0.851. The highest BCUT2D eigenvalue weighted by molar-refractivity contribution is 6.22. The third-order valence-electron chi connectivity index (χ3n) is 7.58. The van der Waals surface area contributed by atoms with Crippen LogP contribution in [0.4, 0.5) is 5.69 Å². The van der Waals surface area contributed by atoms with E-state index in [1.54, 1.807) is 31.2 Å². The molecule has 3 saturated heterocycles. The summed E-state index contributed by atoms with van der Waals surface area (Å²) < 4.78 is 5.00. The number of anilines is 1. The molecule has 1 unspecified atom stereocenters. The van der Waals surface area contributed by atoms with Gasteiger partial charge in [0.25, 0.3) is 5.91 Å². The largest absolute Gasteiger partial charge is 0.462 e. The van der Waals surface area contributed by atoms with Crippen LogP contribution in [0.5, 0.6) is 0 Å². The van der Waals surface area contributed by atoms with E-state index in [1.165, 1.54) is 43.8 Å². The lowest BCUT2D eigenvalue weighted by Gasteiger charge is -2.36.